The SMILES string of the molecule is O=C(NCCNC(=O)c1c(F)cccc1Cl)c1ccc(-n2cccc2)cc1. The zero-order chi connectivity index (χ0) is 19.2. The summed E-state index contributed by atoms with van der Waals surface area (Å²) in [5, 5.41) is 5.28. The predicted molar refractivity (Wildman–Crippen MR) is 102 cm³/mol. The van der Waals surface area contributed by atoms with Crippen molar-refractivity contribution < 1.29 is 14.0 Å². The van der Waals surface area contributed by atoms with E-state index < -0.39 is 11.7 Å². The van der Waals surface area contributed by atoms with Gasteiger partial charge in [0.2, 0.25) is 0 Å². The molecule has 0 saturated carbocycles. The molecule has 0 saturated heterocycles. The highest BCUT2D eigenvalue weighted by Crippen LogP contribution is 2.18. The standard InChI is InChI=1S/C20H17ClFN3O2/c21-16-4-3-5-17(22)18(16)20(27)24-11-10-23-19(26)14-6-8-15(9-7-14)25-12-1-2-13-25/h1-9,12-13H,10-11H2,(H,23,26)(H,24,27). The van der Waals surface area contributed by atoms with Crippen molar-refractivity contribution in [2.45, 2.75) is 0 Å². The first-order chi connectivity index (χ1) is 13.1. The molecule has 27 heavy (non-hydrogen) atoms. The lowest BCUT2D eigenvalue weighted by Crippen LogP contribution is -2.35. The van der Waals surface area contributed by atoms with Gasteiger partial charge in [0, 0.05) is 36.7 Å². The summed E-state index contributed by atoms with van der Waals surface area (Å²) in [5.41, 5.74) is 1.26. The molecule has 0 radical (unpaired) electrons. The maximum Gasteiger partial charge on any atom is 0.255 e. The van der Waals surface area contributed by atoms with E-state index in [1.165, 1.54) is 18.2 Å². The number of carbonyl (C=O) groups is 2. The van der Waals surface area contributed by atoms with E-state index in [1.807, 2.05) is 41.2 Å². The van der Waals surface area contributed by atoms with Gasteiger partial charge in [-0.25, -0.2) is 4.39 Å². The highest BCUT2D eigenvalue weighted by molar-refractivity contribution is 6.33. The number of hydrogen-bond acceptors (Lipinski definition) is 2. The van der Waals surface area contributed by atoms with Gasteiger partial charge in [-0.3, -0.25) is 9.59 Å². The fourth-order valence-corrected chi connectivity index (χ4v) is 2.80. The second-order valence-corrected chi connectivity index (χ2v) is 6.15. The Bertz CT molecular complexity index is 920. The van der Waals surface area contributed by atoms with E-state index in [-0.39, 0.29) is 29.6 Å². The van der Waals surface area contributed by atoms with Crippen LogP contribution in [-0.4, -0.2) is 29.5 Å². The van der Waals surface area contributed by atoms with Crippen molar-refractivity contribution in [3.63, 3.8) is 0 Å². The van der Waals surface area contributed by atoms with Crippen LogP contribution in [0.1, 0.15) is 20.7 Å². The first kappa shape index (κ1) is 18.7. The molecular formula is C20H17ClFN3O2. The first-order valence-electron chi connectivity index (χ1n) is 8.30. The quantitative estimate of drug-likeness (QED) is 0.638. The second-order valence-electron chi connectivity index (χ2n) is 5.75. The van der Waals surface area contributed by atoms with Crippen LogP contribution < -0.4 is 10.6 Å². The topological polar surface area (TPSA) is 63.1 Å². The molecule has 1 aromatic heterocycles. The van der Waals surface area contributed by atoms with Crippen LogP contribution in [0.15, 0.2) is 67.0 Å². The molecule has 2 amide bonds. The Morgan fingerprint density at radius 2 is 1.52 bits per heavy atom. The molecule has 0 bridgehead atoms. The van der Waals surface area contributed by atoms with Crippen LogP contribution in [-0.2, 0) is 0 Å². The number of hydrogen-bond donors (Lipinski definition) is 2. The molecule has 2 aromatic carbocycles. The maximum absolute atomic E-state index is 13.7. The van der Waals surface area contributed by atoms with E-state index in [9.17, 15) is 14.0 Å². The highest BCUT2D eigenvalue weighted by atomic mass is 35.5. The summed E-state index contributed by atoms with van der Waals surface area (Å²) in [5.74, 6) is -1.57. The van der Waals surface area contributed by atoms with Crippen molar-refractivity contribution in [2.75, 3.05) is 13.1 Å². The summed E-state index contributed by atoms with van der Waals surface area (Å²) in [6.07, 6.45) is 3.83. The Morgan fingerprint density at radius 1 is 0.889 bits per heavy atom. The summed E-state index contributed by atoms with van der Waals surface area (Å²) in [6.45, 7) is 0.354. The van der Waals surface area contributed by atoms with E-state index in [0.29, 0.717) is 5.56 Å². The van der Waals surface area contributed by atoms with Crippen molar-refractivity contribution in [1.82, 2.24) is 15.2 Å². The van der Waals surface area contributed by atoms with Gasteiger partial charge >= 0.3 is 0 Å². The van der Waals surface area contributed by atoms with Gasteiger partial charge in [0.25, 0.3) is 11.8 Å². The molecule has 5 nitrogen and oxygen atoms in total. The summed E-state index contributed by atoms with van der Waals surface area (Å²) in [4.78, 5) is 24.2. The molecule has 0 aliphatic heterocycles. The van der Waals surface area contributed by atoms with Crippen molar-refractivity contribution in [3.05, 3.63) is 89.0 Å². The van der Waals surface area contributed by atoms with Gasteiger partial charge in [-0.2, -0.15) is 0 Å². The van der Waals surface area contributed by atoms with Gasteiger partial charge in [-0.05, 0) is 48.5 Å². The molecule has 0 aliphatic rings. The number of benzene rings is 2. The van der Waals surface area contributed by atoms with Crippen molar-refractivity contribution in [2.24, 2.45) is 0 Å². The normalized spacial score (nSPS) is 10.4. The molecule has 3 rings (SSSR count). The molecule has 3 aromatic rings. The van der Waals surface area contributed by atoms with Crippen LogP contribution in [0, 0.1) is 5.82 Å². The van der Waals surface area contributed by atoms with E-state index in [4.69, 9.17) is 11.6 Å². The van der Waals surface area contributed by atoms with E-state index >= 15 is 0 Å². The minimum atomic E-state index is -0.688. The van der Waals surface area contributed by atoms with E-state index in [0.717, 1.165) is 5.69 Å². The van der Waals surface area contributed by atoms with Crippen LogP contribution in [0.25, 0.3) is 5.69 Å². The van der Waals surface area contributed by atoms with Gasteiger partial charge in [0.1, 0.15) is 5.82 Å². The monoisotopic (exact) mass is 385 g/mol. The third-order valence-corrected chi connectivity index (χ3v) is 4.23. The third-order valence-electron chi connectivity index (χ3n) is 3.92. The zero-order valence-electron chi connectivity index (χ0n) is 14.3. The van der Waals surface area contributed by atoms with Gasteiger partial charge in [0.05, 0.1) is 10.6 Å². The third kappa shape index (κ3) is 4.54. The van der Waals surface area contributed by atoms with E-state index in [1.54, 1.807) is 12.1 Å². The molecule has 138 valence electrons. The number of rotatable bonds is 6. The molecule has 1 heterocycles. The Hall–Kier alpha value is -3.12. The van der Waals surface area contributed by atoms with Gasteiger partial charge in [0.15, 0.2) is 0 Å². The molecule has 0 atom stereocenters. The molecule has 0 spiro atoms. The van der Waals surface area contributed by atoms with Crippen LogP contribution in [0.4, 0.5) is 4.39 Å². The Balaban J connectivity index is 1.49. The lowest BCUT2D eigenvalue weighted by molar-refractivity contribution is 0.0925. The average Bonchev–Trinajstić information content (AvgIpc) is 3.20. The largest absolute Gasteiger partial charge is 0.350 e. The summed E-state index contributed by atoms with van der Waals surface area (Å²) < 4.78 is 15.6. The van der Waals surface area contributed by atoms with E-state index in [2.05, 4.69) is 10.6 Å². The highest BCUT2D eigenvalue weighted by Gasteiger charge is 2.15. The zero-order valence-corrected chi connectivity index (χ0v) is 15.0. The fourth-order valence-electron chi connectivity index (χ4n) is 2.55. The first-order valence-corrected chi connectivity index (χ1v) is 8.68. The average molecular weight is 386 g/mol. The van der Waals surface area contributed by atoms with Gasteiger partial charge in [-0.15, -0.1) is 0 Å². The summed E-state index contributed by atoms with van der Waals surface area (Å²) in [6, 6.07) is 15.0. The number of nitrogens with zero attached hydrogens (tertiary/aromatic N) is 1. The van der Waals surface area contributed by atoms with Crippen molar-refractivity contribution in [3.8, 4) is 5.69 Å². The van der Waals surface area contributed by atoms with Crippen molar-refractivity contribution >= 4 is 23.4 Å². The van der Waals surface area contributed by atoms with Gasteiger partial charge < -0.3 is 15.2 Å². The summed E-state index contributed by atoms with van der Waals surface area (Å²) >= 11 is 5.85. The lowest BCUT2D eigenvalue weighted by atomic mass is 10.2. The summed E-state index contributed by atoms with van der Waals surface area (Å²) in [7, 11) is 0. The van der Waals surface area contributed by atoms with Crippen LogP contribution in [0.2, 0.25) is 5.02 Å². The second kappa shape index (κ2) is 8.51. The minimum Gasteiger partial charge on any atom is -0.350 e. The van der Waals surface area contributed by atoms with Crippen molar-refractivity contribution in [1.29, 1.82) is 0 Å². The Morgan fingerprint density at radius 3 is 2.15 bits per heavy atom. The molecular weight excluding hydrogens is 369 g/mol. The minimum absolute atomic E-state index is 0.0410. The fraction of sp³-hybridized carbons (Fsp3) is 0.100. The molecule has 0 aliphatic carbocycles. The van der Waals surface area contributed by atoms with Gasteiger partial charge in [-0.1, -0.05) is 17.7 Å². The maximum atomic E-state index is 13.7. The lowest BCUT2D eigenvalue weighted by Gasteiger charge is -2.09. The number of carbonyl (C=O) groups excluding carboxylic acids is 2. The number of aromatic nitrogens is 1. The molecule has 2 N–H and O–H groups in total. The number of amides is 2. The Kier molecular flexibility index (Phi) is 5.88. The number of nitrogens with one attached hydrogen (secondary N) is 2. The molecule has 0 unspecified atom stereocenters. The molecule has 0 fully saturated rings. The smallest absolute Gasteiger partial charge is 0.255 e. The van der Waals surface area contributed by atoms with Crippen LogP contribution in [0.3, 0.4) is 0 Å². The number of halogens is 2. The van der Waals surface area contributed by atoms with Crippen LogP contribution >= 0.6 is 11.6 Å². The van der Waals surface area contributed by atoms with Crippen LogP contribution in [0.5, 0.6) is 0 Å². The Labute approximate surface area is 160 Å². The predicted octanol–water partition coefficient (Wildman–Crippen LogP) is 3.43. The molecule has 7 heteroatoms.